The van der Waals surface area contributed by atoms with Crippen LogP contribution in [0.3, 0.4) is 0 Å². The summed E-state index contributed by atoms with van der Waals surface area (Å²) in [5.74, 6) is -0.363. The molecule has 0 aliphatic carbocycles. The number of nitrogens with two attached hydrogens (primary N) is 1. The van der Waals surface area contributed by atoms with Gasteiger partial charge in [-0.25, -0.2) is 9.97 Å². The van der Waals surface area contributed by atoms with Crippen LogP contribution in [0.2, 0.25) is 0 Å². The number of unbranched alkanes of at least 4 members (excludes halogenated alkanes) is 1. The number of fused-ring (bicyclic) bond motifs is 1. The molecular weight excluding hydrogens is 334 g/mol. The molecule has 2 N–H and O–H groups in total. The molecule has 3 aromatic heterocycles. The third kappa shape index (κ3) is 3.17. The number of amides is 2. The summed E-state index contributed by atoms with van der Waals surface area (Å²) < 4.78 is 7.06. The van der Waals surface area contributed by atoms with E-state index in [-0.39, 0.29) is 22.9 Å². The number of primary amides is 1. The first kappa shape index (κ1) is 17.7. The molecule has 8 nitrogen and oxygen atoms in total. The van der Waals surface area contributed by atoms with Gasteiger partial charge in [0.15, 0.2) is 17.1 Å². The predicted molar refractivity (Wildman–Crippen MR) is 95.7 cm³/mol. The molecule has 0 aromatic carbocycles. The van der Waals surface area contributed by atoms with Crippen molar-refractivity contribution in [1.82, 2.24) is 19.3 Å². The van der Waals surface area contributed by atoms with Crippen molar-refractivity contribution in [3.05, 3.63) is 42.2 Å². The molecule has 0 unspecified atom stereocenters. The minimum Gasteiger partial charge on any atom is -0.463 e. The normalized spacial score (nSPS) is 11.0. The third-order valence-corrected chi connectivity index (χ3v) is 4.18. The zero-order chi connectivity index (χ0) is 18.7. The summed E-state index contributed by atoms with van der Waals surface area (Å²) in [6, 6.07) is 5.16. The first-order valence-corrected chi connectivity index (χ1v) is 8.57. The monoisotopic (exact) mass is 355 g/mol. The molecule has 0 aliphatic rings. The SMILES string of the molecule is CCCCN(CC)C(=O)c1cc(-c2ccco2)n2cnc(C(N)=O)c2n1. The van der Waals surface area contributed by atoms with Crippen LogP contribution in [0.4, 0.5) is 0 Å². The molecule has 8 heteroatoms. The molecule has 0 atom stereocenters. The zero-order valence-corrected chi connectivity index (χ0v) is 14.8. The van der Waals surface area contributed by atoms with E-state index in [4.69, 9.17) is 10.2 Å². The Morgan fingerprint density at radius 1 is 1.35 bits per heavy atom. The number of imidazole rings is 1. The lowest BCUT2D eigenvalue weighted by molar-refractivity contribution is 0.0756. The van der Waals surface area contributed by atoms with Crippen molar-refractivity contribution in [3.63, 3.8) is 0 Å². The number of hydrogen-bond acceptors (Lipinski definition) is 5. The van der Waals surface area contributed by atoms with Gasteiger partial charge in [0.05, 0.1) is 12.0 Å². The lowest BCUT2D eigenvalue weighted by atomic mass is 10.2. The Balaban J connectivity index is 2.15. The van der Waals surface area contributed by atoms with E-state index >= 15 is 0 Å². The molecular formula is C18H21N5O3. The van der Waals surface area contributed by atoms with E-state index in [2.05, 4.69) is 16.9 Å². The molecule has 3 heterocycles. The highest BCUT2D eigenvalue weighted by Gasteiger charge is 2.22. The molecule has 0 spiro atoms. The van der Waals surface area contributed by atoms with Crippen molar-refractivity contribution in [1.29, 1.82) is 0 Å². The summed E-state index contributed by atoms with van der Waals surface area (Å²) in [5, 5.41) is 0. The first-order chi connectivity index (χ1) is 12.6. The fraction of sp³-hybridized carbons (Fsp3) is 0.333. The molecule has 26 heavy (non-hydrogen) atoms. The zero-order valence-electron chi connectivity index (χ0n) is 14.8. The second-order valence-electron chi connectivity index (χ2n) is 5.89. The summed E-state index contributed by atoms with van der Waals surface area (Å²) in [6.45, 7) is 5.22. The average Bonchev–Trinajstić information content (AvgIpc) is 3.30. The van der Waals surface area contributed by atoms with Crippen molar-refractivity contribution in [2.45, 2.75) is 26.7 Å². The second-order valence-corrected chi connectivity index (χ2v) is 5.89. The highest BCUT2D eigenvalue weighted by atomic mass is 16.3. The molecule has 0 fully saturated rings. The van der Waals surface area contributed by atoms with Crippen LogP contribution < -0.4 is 5.73 Å². The summed E-state index contributed by atoms with van der Waals surface area (Å²) in [4.78, 5) is 34.8. The standard InChI is InChI=1S/C18H21N5O3/c1-3-5-8-22(4-2)18(25)12-10-13(14-7-6-9-26-14)23-11-20-15(16(19)24)17(23)21-12/h6-7,9-11H,3-5,8H2,1-2H3,(H2,19,24). The summed E-state index contributed by atoms with van der Waals surface area (Å²) in [7, 11) is 0. The average molecular weight is 355 g/mol. The van der Waals surface area contributed by atoms with Crippen LogP contribution in [-0.4, -0.2) is 44.2 Å². The van der Waals surface area contributed by atoms with Gasteiger partial charge in [-0.15, -0.1) is 0 Å². The van der Waals surface area contributed by atoms with E-state index in [0.717, 1.165) is 12.8 Å². The Labute approximate surface area is 150 Å². The minimum atomic E-state index is -0.701. The number of carbonyl (C=O) groups excluding carboxylic acids is 2. The van der Waals surface area contributed by atoms with E-state index in [1.165, 1.54) is 12.6 Å². The Kier molecular flexibility index (Phi) is 5.01. The summed E-state index contributed by atoms with van der Waals surface area (Å²) in [5.41, 5.74) is 6.46. The molecule has 0 saturated heterocycles. The number of aromatic nitrogens is 3. The number of carbonyl (C=O) groups is 2. The Morgan fingerprint density at radius 2 is 2.15 bits per heavy atom. The predicted octanol–water partition coefficient (Wildman–Crippen LogP) is 2.35. The third-order valence-electron chi connectivity index (χ3n) is 4.18. The fourth-order valence-electron chi connectivity index (χ4n) is 2.78. The summed E-state index contributed by atoms with van der Waals surface area (Å²) >= 11 is 0. The van der Waals surface area contributed by atoms with E-state index in [9.17, 15) is 9.59 Å². The van der Waals surface area contributed by atoms with E-state index in [1.807, 2.05) is 6.92 Å². The lowest BCUT2D eigenvalue weighted by Gasteiger charge is -2.20. The highest BCUT2D eigenvalue weighted by Crippen LogP contribution is 2.24. The van der Waals surface area contributed by atoms with Gasteiger partial charge in [-0.1, -0.05) is 13.3 Å². The molecule has 0 radical (unpaired) electrons. The van der Waals surface area contributed by atoms with Gasteiger partial charge in [-0.2, -0.15) is 0 Å². The highest BCUT2D eigenvalue weighted by molar-refractivity contribution is 5.99. The maximum atomic E-state index is 12.9. The second kappa shape index (κ2) is 7.38. The lowest BCUT2D eigenvalue weighted by Crippen LogP contribution is -2.32. The van der Waals surface area contributed by atoms with Crippen LogP contribution in [-0.2, 0) is 0 Å². The molecule has 2 amide bonds. The van der Waals surface area contributed by atoms with Crippen LogP contribution in [0.15, 0.2) is 35.2 Å². The van der Waals surface area contributed by atoms with Crippen LogP contribution >= 0.6 is 0 Å². The summed E-state index contributed by atoms with van der Waals surface area (Å²) in [6.07, 6.45) is 4.88. The van der Waals surface area contributed by atoms with Gasteiger partial charge in [-0.05, 0) is 31.5 Å². The molecule has 0 saturated carbocycles. The molecule has 3 aromatic rings. The topological polar surface area (TPSA) is 107 Å². The minimum absolute atomic E-state index is 0.0177. The number of rotatable bonds is 7. The van der Waals surface area contributed by atoms with E-state index < -0.39 is 5.91 Å². The van der Waals surface area contributed by atoms with Gasteiger partial charge in [-0.3, -0.25) is 14.0 Å². The van der Waals surface area contributed by atoms with Crippen molar-refractivity contribution < 1.29 is 14.0 Å². The van der Waals surface area contributed by atoms with Crippen molar-refractivity contribution >= 4 is 17.5 Å². The Hall–Kier alpha value is -3.16. The van der Waals surface area contributed by atoms with Gasteiger partial charge < -0.3 is 15.1 Å². The van der Waals surface area contributed by atoms with Gasteiger partial charge >= 0.3 is 0 Å². The van der Waals surface area contributed by atoms with Gasteiger partial charge in [0, 0.05) is 13.1 Å². The van der Waals surface area contributed by atoms with E-state index in [1.54, 1.807) is 27.5 Å². The first-order valence-electron chi connectivity index (χ1n) is 8.57. The molecule has 3 rings (SSSR count). The smallest absolute Gasteiger partial charge is 0.272 e. The van der Waals surface area contributed by atoms with Crippen molar-refractivity contribution in [2.75, 3.05) is 13.1 Å². The number of hydrogen-bond donors (Lipinski definition) is 1. The van der Waals surface area contributed by atoms with Crippen molar-refractivity contribution in [3.8, 4) is 11.5 Å². The van der Waals surface area contributed by atoms with Crippen LogP contribution in [0, 0.1) is 0 Å². The van der Waals surface area contributed by atoms with Crippen LogP contribution in [0.1, 0.15) is 47.7 Å². The Morgan fingerprint density at radius 3 is 2.77 bits per heavy atom. The van der Waals surface area contributed by atoms with Gasteiger partial charge in [0.1, 0.15) is 12.0 Å². The number of furan rings is 1. The maximum absolute atomic E-state index is 12.9. The van der Waals surface area contributed by atoms with Gasteiger partial charge in [0.25, 0.3) is 11.8 Å². The van der Waals surface area contributed by atoms with E-state index in [0.29, 0.717) is 24.5 Å². The Bertz CT molecular complexity index is 930. The maximum Gasteiger partial charge on any atom is 0.272 e. The van der Waals surface area contributed by atoms with Gasteiger partial charge in [0.2, 0.25) is 0 Å². The molecule has 0 bridgehead atoms. The fourth-order valence-corrected chi connectivity index (χ4v) is 2.78. The van der Waals surface area contributed by atoms with Crippen molar-refractivity contribution in [2.24, 2.45) is 5.73 Å². The molecule has 0 aliphatic heterocycles. The number of nitrogens with zero attached hydrogens (tertiary/aromatic N) is 4. The molecule has 136 valence electrons. The van der Waals surface area contributed by atoms with Crippen LogP contribution in [0.25, 0.3) is 17.1 Å². The largest absolute Gasteiger partial charge is 0.463 e. The van der Waals surface area contributed by atoms with Crippen LogP contribution in [0.5, 0.6) is 0 Å². The quantitative estimate of drug-likeness (QED) is 0.700.